The summed E-state index contributed by atoms with van der Waals surface area (Å²) < 4.78 is 35.7. The zero-order chi connectivity index (χ0) is 26.5. The number of halogens is 3. The van der Waals surface area contributed by atoms with Crippen LogP contribution in [0.15, 0.2) is 59.1 Å². The second-order valence-corrected chi connectivity index (χ2v) is 9.72. The molecule has 4 aromatic rings. The van der Waals surface area contributed by atoms with Crippen molar-refractivity contribution in [3.05, 3.63) is 64.5 Å². The second-order valence-electron chi connectivity index (χ2n) is 7.46. The number of nitrogens with one attached hydrogen (secondary N) is 1. The van der Waals surface area contributed by atoms with Gasteiger partial charge in [0.25, 0.3) is 0 Å². The summed E-state index contributed by atoms with van der Waals surface area (Å²) in [6.45, 7) is -2.91. The lowest BCUT2D eigenvalue weighted by Crippen LogP contribution is -2.16. The number of methoxy groups -OCH3 is 1. The zero-order valence-electron chi connectivity index (χ0n) is 19.4. The van der Waals surface area contributed by atoms with Crippen molar-refractivity contribution in [1.29, 1.82) is 0 Å². The maximum absolute atomic E-state index is 12.7. The van der Waals surface area contributed by atoms with E-state index in [0.717, 1.165) is 17.3 Å². The Balaban J connectivity index is 1.44. The van der Waals surface area contributed by atoms with E-state index in [1.807, 2.05) is 0 Å². The summed E-state index contributed by atoms with van der Waals surface area (Å²) in [5.74, 6) is -0.395. The van der Waals surface area contributed by atoms with E-state index >= 15 is 0 Å². The van der Waals surface area contributed by atoms with Gasteiger partial charge in [-0.3, -0.25) is 4.79 Å². The van der Waals surface area contributed by atoms with Gasteiger partial charge in [0.05, 0.1) is 12.9 Å². The van der Waals surface area contributed by atoms with Crippen LogP contribution in [0.4, 0.5) is 13.8 Å². The van der Waals surface area contributed by atoms with Crippen molar-refractivity contribution in [2.24, 2.45) is 7.05 Å². The molecule has 0 fully saturated rings. The zero-order valence-corrected chi connectivity index (χ0v) is 21.8. The SMILES string of the molecule is COC(=O)c1c(-c2ccc(Cl)cc2)csc1NC(=O)CSc1nnc(-c2ccc(OC(F)F)cc2)n1C. The highest BCUT2D eigenvalue weighted by molar-refractivity contribution is 7.99. The van der Waals surface area contributed by atoms with Crippen LogP contribution in [0.3, 0.4) is 0 Å². The Morgan fingerprint density at radius 1 is 1.11 bits per heavy atom. The molecule has 0 bridgehead atoms. The van der Waals surface area contributed by atoms with Crippen molar-refractivity contribution in [2.45, 2.75) is 11.8 Å². The van der Waals surface area contributed by atoms with Gasteiger partial charge in [-0.2, -0.15) is 8.78 Å². The molecule has 0 aliphatic carbocycles. The van der Waals surface area contributed by atoms with Gasteiger partial charge in [-0.25, -0.2) is 4.79 Å². The molecule has 1 amide bonds. The highest BCUT2D eigenvalue weighted by Crippen LogP contribution is 2.37. The summed E-state index contributed by atoms with van der Waals surface area (Å²) in [7, 11) is 3.00. The quantitative estimate of drug-likeness (QED) is 0.197. The number of alkyl halides is 2. The van der Waals surface area contributed by atoms with Crippen molar-refractivity contribution in [3.63, 3.8) is 0 Å². The fraction of sp³-hybridized carbons (Fsp3) is 0.167. The largest absolute Gasteiger partial charge is 0.465 e. The third kappa shape index (κ3) is 6.27. The van der Waals surface area contributed by atoms with Crippen LogP contribution < -0.4 is 10.1 Å². The van der Waals surface area contributed by atoms with E-state index in [9.17, 15) is 18.4 Å². The highest BCUT2D eigenvalue weighted by Gasteiger charge is 2.23. The Kier molecular flexibility index (Phi) is 8.41. The summed E-state index contributed by atoms with van der Waals surface area (Å²) in [5.41, 5.74) is 2.29. The maximum Gasteiger partial charge on any atom is 0.387 e. The third-order valence-corrected chi connectivity index (χ3v) is 7.26. The molecule has 0 radical (unpaired) electrons. The molecular formula is C24H19ClF2N4O4S2. The first-order valence-corrected chi connectivity index (χ1v) is 12.8. The Morgan fingerprint density at radius 3 is 2.43 bits per heavy atom. The first kappa shape index (κ1) is 26.6. The van der Waals surface area contributed by atoms with Crippen LogP contribution in [0.5, 0.6) is 5.75 Å². The summed E-state index contributed by atoms with van der Waals surface area (Å²) in [6, 6.07) is 13.0. The fourth-order valence-electron chi connectivity index (χ4n) is 3.37. The molecule has 0 spiro atoms. The van der Waals surface area contributed by atoms with E-state index < -0.39 is 12.6 Å². The van der Waals surface area contributed by atoms with E-state index in [0.29, 0.717) is 32.1 Å². The molecule has 192 valence electrons. The normalized spacial score (nSPS) is 11.0. The molecule has 0 aliphatic rings. The summed E-state index contributed by atoms with van der Waals surface area (Å²) in [4.78, 5) is 25.2. The lowest BCUT2D eigenvalue weighted by atomic mass is 10.0. The third-order valence-electron chi connectivity index (χ3n) is 5.09. The highest BCUT2D eigenvalue weighted by atomic mass is 35.5. The summed E-state index contributed by atoms with van der Waals surface area (Å²) >= 11 is 8.33. The van der Waals surface area contributed by atoms with Crippen molar-refractivity contribution in [1.82, 2.24) is 14.8 Å². The maximum atomic E-state index is 12.7. The van der Waals surface area contributed by atoms with Gasteiger partial charge in [-0.1, -0.05) is 35.5 Å². The number of benzene rings is 2. The average molecular weight is 565 g/mol. The van der Waals surface area contributed by atoms with Crippen molar-refractivity contribution < 1.29 is 27.8 Å². The van der Waals surface area contributed by atoms with Crippen LogP contribution in [0.2, 0.25) is 5.02 Å². The number of thiophene rings is 1. The van der Waals surface area contributed by atoms with E-state index in [2.05, 4.69) is 20.3 Å². The summed E-state index contributed by atoms with van der Waals surface area (Å²) in [5, 5.41) is 14.2. The van der Waals surface area contributed by atoms with E-state index in [1.165, 1.54) is 30.6 Å². The van der Waals surface area contributed by atoms with Gasteiger partial charge >= 0.3 is 12.6 Å². The van der Waals surface area contributed by atoms with Crippen LogP contribution in [0.1, 0.15) is 10.4 Å². The Morgan fingerprint density at radius 2 is 1.78 bits per heavy atom. The molecule has 2 aromatic carbocycles. The molecule has 4 rings (SSSR count). The topological polar surface area (TPSA) is 95.3 Å². The first-order valence-electron chi connectivity index (χ1n) is 10.6. The van der Waals surface area contributed by atoms with Crippen molar-refractivity contribution >= 4 is 51.6 Å². The van der Waals surface area contributed by atoms with Crippen LogP contribution in [0.25, 0.3) is 22.5 Å². The van der Waals surface area contributed by atoms with Gasteiger partial charge in [0.2, 0.25) is 5.91 Å². The predicted molar refractivity (Wildman–Crippen MR) is 139 cm³/mol. The number of rotatable bonds is 9. The summed E-state index contributed by atoms with van der Waals surface area (Å²) in [6.07, 6.45) is 0. The van der Waals surface area contributed by atoms with Crippen LogP contribution >= 0.6 is 34.7 Å². The minimum Gasteiger partial charge on any atom is -0.465 e. The number of thioether (sulfide) groups is 1. The van der Waals surface area contributed by atoms with Gasteiger partial charge in [0.15, 0.2) is 11.0 Å². The Bertz CT molecular complexity index is 1410. The van der Waals surface area contributed by atoms with Gasteiger partial charge in [-0.05, 0) is 42.0 Å². The lowest BCUT2D eigenvalue weighted by molar-refractivity contribution is -0.113. The number of hydrogen-bond donors (Lipinski definition) is 1. The molecule has 8 nitrogen and oxygen atoms in total. The van der Waals surface area contributed by atoms with E-state index in [1.54, 1.807) is 53.4 Å². The minimum absolute atomic E-state index is 0.00192. The molecule has 0 saturated carbocycles. The number of carbonyl (C=O) groups excluding carboxylic acids is 2. The monoisotopic (exact) mass is 564 g/mol. The molecule has 0 unspecified atom stereocenters. The number of nitrogens with zero attached hydrogens (tertiary/aromatic N) is 3. The smallest absolute Gasteiger partial charge is 0.387 e. The van der Waals surface area contributed by atoms with E-state index in [-0.39, 0.29) is 23.0 Å². The molecule has 2 heterocycles. The average Bonchev–Trinajstić information content (AvgIpc) is 3.46. The number of amides is 1. The van der Waals surface area contributed by atoms with Gasteiger partial charge in [0.1, 0.15) is 16.3 Å². The minimum atomic E-state index is -2.91. The molecule has 13 heteroatoms. The Hall–Kier alpha value is -3.48. The van der Waals surface area contributed by atoms with E-state index in [4.69, 9.17) is 16.3 Å². The molecule has 1 N–H and O–H groups in total. The molecule has 0 aliphatic heterocycles. The lowest BCUT2D eigenvalue weighted by Gasteiger charge is -2.08. The molecule has 0 atom stereocenters. The van der Waals surface area contributed by atoms with Crippen molar-refractivity contribution in [3.8, 4) is 28.3 Å². The molecule has 2 aromatic heterocycles. The van der Waals surface area contributed by atoms with Gasteiger partial charge < -0.3 is 19.4 Å². The number of hydrogen-bond acceptors (Lipinski definition) is 8. The van der Waals surface area contributed by atoms with Gasteiger partial charge in [0, 0.05) is 28.6 Å². The van der Waals surface area contributed by atoms with Crippen LogP contribution in [0, 0.1) is 0 Å². The number of carbonyl (C=O) groups is 2. The predicted octanol–water partition coefficient (Wildman–Crippen LogP) is 5.98. The standard InChI is InChI=1S/C24H19ClF2N4O4S2/c1-31-20(14-5-9-16(10-6-14)35-23(26)27)29-30-24(31)37-12-18(32)28-21-19(22(33)34-2)17(11-36-21)13-3-7-15(25)8-4-13/h3-11,23H,12H2,1-2H3,(H,28,32). The Labute approximate surface area is 223 Å². The van der Waals surface area contributed by atoms with Crippen LogP contribution in [-0.2, 0) is 16.6 Å². The fourth-order valence-corrected chi connectivity index (χ4v) is 5.18. The van der Waals surface area contributed by atoms with Crippen molar-refractivity contribution in [2.75, 3.05) is 18.2 Å². The molecule has 0 saturated heterocycles. The molecular weight excluding hydrogens is 546 g/mol. The first-order chi connectivity index (χ1) is 17.8. The number of esters is 1. The molecule has 37 heavy (non-hydrogen) atoms. The van der Waals surface area contributed by atoms with Gasteiger partial charge in [-0.15, -0.1) is 21.5 Å². The number of aromatic nitrogens is 3. The van der Waals surface area contributed by atoms with Crippen LogP contribution in [-0.4, -0.2) is 46.1 Å². The number of anilines is 1. The second kappa shape index (κ2) is 11.7. The number of ether oxygens (including phenoxy) is 2.